The molecule has 0 aliphatic carbocycles. The van der Waals surface area contributed by atoms with Crippen LogP contribution in [0.3, 0.4) is 0 Å². The maximum Gasteiger partial charge on any atom is 0.343 e. The highest BCUT2D eigenvalue weighted by molar-refractivity contribution is 5.75. The smallest absolute Gasteiger partial charge is 0.343 e. The molecule has 0 aliphatic heterocycles. The number of rotatable bonds is 5. The second-order valence-corrected chi connectivity index (χ2v) is 3.38. The Bertz CT molecular complexity index is 381. The Hall–Kier alpha value is -1.62. The monoisotopic (exact) mass is 242 g/mol. The quantitative estimate of drug-likeness (QED) is 0.797. The van der Waals surface area contributed by atoms with Crippen LogP contribution in [0.2, 0.25) is 0 Å². The molecule has 4 nitrogen and oxygen atoms in total. The van der Waals surface area contributed by atoms with E-state index in [4.69, 9.17) is 4.74 Å². The van der Waals surface area contributed by atoms with Gasteiger partial charge in [0.15, 0.2) is 0 Å². The predicted octanol–water partition coefficient (Wildman–Crippen LogP) is 1.63. The Balaban J connectivity index is 2.80. The largest absolute Gasteiger partial charge is 0.497 e. The van der Waals surface area contributed by atoms with Crippen LogP contribution in [0.4, 0.5) is 4.39 Å². The number of halogens is 1. The molecule has 2 atom stereocenters. The van der Waals surface area contributed by atoms with Gasteiger partial charge in [-0.1, -0.05) is 12.1 Å². The normalized spacial score (nSPS) is 13.9. The van der Waals surface area contributed by atoms with Gasteiger partial charge in [0.25, 0.3) is 0 Å². The molecule has 0 saturated heterocycles. The maximum absolute atomic E-state index is 13.5. The first-order valence-electron chi connectivity index (χ1n) is 5.22. The number of carbonyl (C=O) groups is 1. The van der Waals surface area contributed by atoms with Crippen molar-refractivity contribution in [2.45, 2.75) is 19.2 Å². The molecule has 0 aliphatic rings. The van der Waals surface area contributed by atoms with Gasteiger partial charge in [-0.2, -0.15) is 0 Å². The minimum absolute atomic E-state index is 0.0735. The van der Waals surface area contributed by atoms with Gasteiger partial charge in [0, 0.05) is 0 Å². The lowest BCUT2D eigenvalue weighted by Gasteiger charge is -2.15. The third-order valence-electron chi connectivity index (χ3n) is 2.22. The highest BCUT2D eigenvalue weighted by atomic mass is 19.1. The number of esters is 1. The van der Waals surface area contributed by atoms with Crippen molar-refractivity contribution >= 4 is 5.97 Å². The average Bonchev–Trinajstić information content (AvgIpc) is 2.37. The van der Waals surface area contributed by atoms with Crippen molar-refractivity contribution in [3.05, 3.63) is 29.8 Å². The van der Waals surface area contributed by atoms with Crippen LogP contribution in [0.5, 0.6) is 5.75 Å². The van der Waals surface area contributed by atoms with Crippen LogP contribution in [-0.2, 0) is 9.53 Å². The summed E-state index contributed by atoms with van der Waals surface area (Å²) in [5.74, 6) is -0.583. The summed E-state index contributed by atoms with van der Waals surface area (Å²) in [7, 11) is 1.46. The fraction of sp³-hybridized carbons (Fsp3) is 0.417. The summed E-state index contributed by atoms with van der Waals surface area (Å²) >= 11 is 0. The van der Waals surface area contributed by atoms with Crippen LogP contribution in [0.1, 0.15) is 18.6 Å². The summed E-state index contributed by atoms with van der Waals surface area (Å²) in [5, 5.41) is 9.67. The molecule has 1 aromatic carbocycles. The summed E-state index contributed by atoms with van der Waals surface area (Å²) in [5.41, 5.74) is 0.268. The third kappa shape index (κ3) is 3.42. The van der Waals surface area contributed by atoms with Gasteiger partial charge in [-0.3, -0.25) is 0 Å². The SMILES string of the molecule is CCOC(=O)C(F)C(O)c1cccc(OC)c1. The second kappa shape index (κ2) is 6.20. The van der Waals surface area contributed by atoms with Gasteiger partial charge in [-0.05, 0) is 24.6 Å². The molecule has 0 bridgehead atoms. The van der Waals surface area contributed by atoms with Crippen molar-refractivity contribution in [1.82, 2.24) is 0 Å². The summed E-state index contributed by atoms with van der Waals surface area (Å²) in [6, 6.07) is 6.25. The van der Waals surface area contributed by atoms with Crippen LogP contribution < -0.4 is 4.74 Å². The summed E-state index contributed by atoms with van der Waals surface area (Å²) in [6.07, 6.45) is -3.65. The fourth-order valence-electron chi connectivity index (χ4n) is 1.35. The number of aliphatic hydroxyl groups excluding tert-OH is 1. The van der Waals surface area contributed by atoms with E-state index in [1.165, 1.54) is 19.2 Å². The first-order valence-corrected chi connectivity index (χ1v) is 5.22. The number of aliphatic hydroxyl groups is 1. The fourth-order valence-corrected chi connectivity index (χ4v) is 1.35. The number of carbonyl (C=O) groups excluding carboxylic acids is 1. The van der Waals surface area contributed by atoms with Gasteiger partial charge >= 0.3 is 5.97 Å². The van der Waals surface area contributed by atoms with Crippen LogP contribution in [0.25, 0.3) is 0 Å². The van der Waals surface area contributed by atoms with Crippen LogP contribution in [0, 0.1) is 0 Å². The zero-order chi connectivity index (χ0) is 12.8. The second-order valence-electron chi connectivity index (χ2n) is 3.38. The number of benzene rings is 1. The zero-order valence-corrected chi connectivity index (χ0v) is 9.72. The van der Waals surface area contributed by atoms with E-state index in [9.17, 15) is 14.3 Å². The molecule has 0 heterocycles. The van der Waals surface area contributed by atoms with Crippen molar-refractivity contribution in [2.24, 2.45) is 0 Å². The molecule has 0 fully saturated rings. The van der Waals surface area contributed by atoms with E-state index < -0.39 is 18.2 Å². The van der Waals surface area contributed by atoms with Crippen molar-refractivity contribution in [1.29, 1.82) is 0 Å². The van der Waals surface area contributed by atoms with Crippen molar-refractivity contribution in [3.8, 4) is 5.75 Å². The molecule has 0 aromatic heterocycles. The van der Waals surface area contributed by atoms with Gasteiger partial charge in [-0.25, -0.2) is 9.18 Å². The van der Waals surface area contributed by atoms with Crippen molar-refractivity contribution in [3.63, 3.8) is 0 Å². The Labute approximate surface area is 99.0 Å². The average molecular weight is 242 g/mol. The van der Waals surface area contributed by atoms with Gasteiger partial charge in [-0.15, -0.1) is 0 Å². The molecule has 17 heavy (non-hydrogen) atoms. The molecule has 0 saturated carbocycles. The Kier molecular flexibility index (Phi) is 4.90. The van der Waals surface area contributed by atoms with E-state index in [1.807, 2.05) is 0 Å². The van der Waals surface area contributed by atoms with E-state index in [-0.39, 0.29) is 12.2 Å². The lowest BCUT2D eigenvalue weighted by Crippen LogP contribution is -2.26. The standard InChI is InChI=1S/C12H15FO4/c1-3-17-12(15)10(13)11(14)8-5-4-6-9(7-8)16-2/h4-7,10-11,14H,3H2,1-2H3. The van der Waals surface area contributed by atoms with Crippen LogP contribution in [-0.4, -0.2) is 31.0 Å². The Morgan fingerprint density at radius 2 is 2.24 bits per heavy atom. The number of hydrogen-bond acceptors (Lipinski definition) is 4. The molecule has 0 amide bonds. The van der Waals surface area contributed by atoms with Gasteiger partial charge in [0.1, 0.15) is 11.9 Å². The first kappa shape index (κ1) is 13.4. The predicted molar refractivity (Wildman–Crippen MR) is 59.5 cm³/mol. The number of ether oxygens (including phenoxy) is 2. The minimum atomic E-state index is -2.10. The lowest BCUT2D eigenvalue weighted by molar-refractivity contribution is -0.153. The van der Waals surface area contributed by atoms with E-state index in [0.717, 1.165) is 0 Å². The van der Waals surface area contributed by atoms with Gasteiger partial charge < -0.3 is 14.6 Å². The molecule has 1 rings (SSSR count). The van der Waals surface area contributed by atoms with Gasteiger partial charge in [0.2, 0.25) is 6.17 Å². The maximum atomic E-state index is 13.5. The highest BCUT2D eigenvalue weighted by Crippen LogP contribution is 2.23. The zero-order valence-electron chi connectivity index (χ0n) is 9.72. The van der Waals surface area contributed by atoms with E-state index in [1.54, 1.807) is 19.1 Å². The highest BCUT2D eigenvalue weighted by Gasteiger charge is 2.29. The molecule has 1 aromatic rings. The van der Waals surface area contributed by atoms with E-state index in [0.29, 0.717) is 5.75 Å². The first-order chi connectivity index (χ1) is 8.10. The minimum Gasteiger partial charge on any atom is -0.497 e. The molecular formula is C12H15FO4. The molecule has 94 valence electrons. The molecule has 1 N–H and O–H groups in total. The van der Waals surface area contributed by atoms with Crippen LogP contribution in [0.15, 0.2) is 24.3 Å². The van der Waals surface area contributed by atoms with Crippen molar-refractivity contribution in [2.75, 3.05) is 13.7 Å². The van der Waals surface area contributed by atoms with E-state index in [2.05, 4.69) is 4.74 Å². The summed E-state index contributed by atoms with van der Waals surface area (Å²) < 4.78 is 23.0. The summed E-state index contributed by atoms with van der Waals surface area (Å²) in [6.45, 7) is 1.65. The van der Waals surface area contributed by atoms with Crippen molar-refractivity contribution < 1.29 is 23.8 Å². The van der Waals surface area contributed by atoms with Gasteiger partial charge in [0.05, 0.1) is 13.7 Å². The molecule has 2 unspecified atom stereocenters. The lowest BCUT2D eigenvalue weighted by atomic mass is 10.1. The Morgan fingerprint density at radius 1 is 1.53 bits per heavy atom. The third-order valence-corrected chi connectivity index (χ3v) is 2.22. The number of hydrogen-bond donors (Lipinski definition) is 1. The summed E-state index contributed by atoms with van der Waals surface area (Å²) in [4.78, 5) is 11.1. The Morgan fingerprint density at radius 3 is 2.82 bits per heavy atom. The number of alkyl halides is 1. The van der Waals surface area contributed by atoms with Crippen LogP contribution >= 0.6 is 0 Å². The molecular weight excluding hydrogens is 227 g/mol. The molecule has 5 heteroatoms. The molecule has 0 radical (unpaired) electrons. The van der Waals surface area contributed by atoms with E-state index >= 15 is 0 Å². The molecule has 0 spiro atoms. The topological polar surface area (TPSA) is 55.8 Å². The number of methoxy groups -OCH3 is 1.